The molecule has 1 aliphatic heterocycles. The van der Waals surface area contributed by atoms with Crippen molar-refractivity contribution in [2.45, 2.75) is 52.0 Å². The Kier molecular flexibility index (Phi) is 7.93. The van der Waals surface area contributed by atoms with E-state index in [0.29, 0.717) is 12.0 Å². The van der Waals surface area contributed by atoms with Crippen molar-refractivity contribution in [3.8, 4) is 16.9 Å². The molecule has 238 valence electrons. The Bertz CT molecular complexity index is 1670. The average molecular weight is 615 g/mol. The summed E-state index contributed by atoms with van der Waals surface area (Å²) in [6.07, 6.45) is 12.0. The van der Waals surface area contributed by atoms with E-state index in [1.54, 1.807) is 6.20 Å². The molecule has 9 rings (SSSR count). The molecule has 6 heteroatoms. The lowest BCUT2D eigenvalue weighted by atomic mass is 9.49. The van der Waals surface area contributed by atoms with E-state index in [-0.39, 0.29) is 5.91 Å². The lowest BCUT2D eigenvalue weighted by Gasteiger charge is -2.56. The number of carbonyl (C=O) groups is 1. The summed E-state index contributed by atoms with van der Waals surface area (Å²) < 4.78 is 5.72. The molecule has 0 atom stereocenters. The van der Waals surface area contributed by atoms with Gasteiger partial charge in [-0.1, -0.05) is 36.4 Å². The second-order valence-corrected chi connectivity index (χ2v) is 14.6. The molecule has 0 spiro atoms. The van der Waals surface area contributed by atoms with Crippen molar-refractivity contribution < 1.29 is 9.53 Å². The highest BCUT2D eigenvalue weighted by atomic mass is 16.5. The summed E-state index contributed by atoms with van der Waals surface area (Å²) >= 11 is 0. The first-order chi connectivity index (χ1) is 22.5. The van der Waals surface area contributed by atoms with Gasteiger partial charge in [0.15, 0.2) is 0 Å². The van der Waals surface area contributed by atoms with Gasteiger partial charge in [0.25, 0.3) is 5.91 Å². The van der Waals surface area contributed by atoms with Gasteiger partial charge in [-0.3, -0.25) is 14.7 Å². The van der Waals surface area contributed by atoms with E-state index in [1.165, 1.54) is 66.1 Å². The van der Waals surface area contributed by atoms with Crippen molar-refractivity contribution in [1.29, 1.82) is 0 Å². The molecule has 1 amide bonds. The summed E-state index contributed by atoms with van der Waals surface area (Å²) in [7, 11) is 0. The van der Waals surface area contributed by atoms with Crippen LogP contribution in [0.2, 0.25) is 0 Å². The molecule has 1 aromatic heterocycles. The largest absolute Gasteiger partial charge is 0.492 e. The molecular weight excluding hydrogens is 568 g/mol. The number of nitrogens with zero attached hydrogens (tertiary/aromatic N) is 3. The van der Waals surface area contributed by atoms with E-state index in [2.05, 4.69) is 74.7 Å². The number of amides is 1. The Balaban J connectivity index is 0.878. The summed E-state index contributed by atoms with van der Waals surface area (Å²) in [5.74, 6) is 3.63. The number of benzene rings is 3. The Morgan fingerprint density at radius 3 is 2.26 bits per heavy atom. The molecule has 4 aliphatic carbocycles. The van der Waals surface area contributed by atoms with Gasteiger partial charge in [-0.15, -0.1) is 0 Å². The Hall–Kier alpha value is -3.90. The quantitative estimate of drug-likeness (QED) is 0.211. The second kappa shape index (κ2) is 12.4. The number of piperazine rings is 1. The summed E-state index contributed by atoms with van der Waals surface area (Å²) in [5.41, 5.74) is 5.96. The van der Waals surface area contributed by atoms with Crippen LogP contribution >= 0.6 is 0 Å². The van der Waals surface area contributed by atoms with Gasteiger partial charge >= 0.3 is 0 Å². The molecule has 4 saturated carbocycles. The second-order valence-electron chi connectivity index (χ2n) is 14.6. The highest BCUT2D eigenvalue weighted by Crippen LogP contribution is 2.59. The zero-order chi connectivity index (χ0) is 31.1. The van der Waals surface area contributed by atoms with Gasteiger partial charge in [-0.25, -0.2) is 0 Å². The minimum absolute atomic E-state index is 0.0867. The van der Waals surface area contributed by atoms with Gasteiger partial charge in [-0.05, 0) is 121 Å². The number of hydrogen-bond acceptors (Lipinski definition) is 5. The van der Waals surface area contributed by atoms with Gasteiger partial charge in [0.2, 0.25) is 0 Å². The minimum atomic E-state index is 0.0867. The number of carbonyl (C=O) groups excluding carboxylic acids is 1. The summed E-state index contributed by atoms with van der Waals surface area (Å²) in [6.45, 7) is 8.36. The summed E-state index contributed by atoms with van der Waals surface area (Å²) in [4.78, 5) is 22.6. The molecule has 4 aromatic rings. The Morgan fingerprint density at radius 2 is 1.57 bits per heavy atom. The fourth-order valence-corrected chi connectivity index (χ4v) is 9.67. The molecular formula is C40H46N4O2. The van der Waals surface area contributed by atoms with Crippen LogP contribution in [0.15, 0.2) is 79.1 Å². The average Bonchev–Trinajstić information content (AvgIpc) is 3.07. The third-order valence-corrected chi connectivity index (χ3v) is 11.4. The fourth-order valence-electron chi connectivity index (χ4n) is 9.67. The molecule has 4 bridgehead atoms. The first kappa shape index (κ1) is 29.5. The minimum Gasteiger partial charge on any atom is -0.492 e. The molecule has 6 nitrogen and oxygen atoms in total. The molecule has 0 radical (unpaired) electrons. The van der Waals surface area contributed by atoms with Crippen LogP contribution in [0.3, 0.4) is 0 Å². The number of anilines is 1. The predicted octanol–water partition coefficient (Wildman–Crippen LogP) is 7.57. The van der Waals surface area contributed by atoms with Gasteiger partial charge in [0.05, 0.1) is 12.8 Å². The maximum absolute atomic E-state index is 13.1. The van der Waals surface area contributed by atoms with Crippen LogP contribution in [0.5, 0.6) is 5.75 Å². The van der Waals surface area contributed by atoms with Crippen molar-refractivity contribution in [3.05, 3.63) is 90.3 Å². The van der Waals surface area contributed by atoms with E-state index in [4.69, 9.17) is 4.74 Å². The predicted molar refractivity (Wildman–Crippen MR) is 185 cm³/mol. The normalized spacial score (nSPS) is 25.6. The molecule has 5 aliphatic rings. The van der Waals surface area contributed by atoms with Crippen LogP contribution < -0.4 is 15.0 Å². The topological polar surface area (TPSA) is 57.7 Å². The first-order valence-corrected chi connectivity index (χ1v) is 17.5. The molecule has 5 fully saturated rings. The zero-order valence-electron chi connectivity index (χ0n) is 27.1. The summed E-state index contributed by atoms with van der Waals surface area (Å²) in [5, 5.41) is 5.89. The number of aromatic nitrogens is 1. The van der Waals surface area contributed by atoms with E-state index in [9.17, 15) is 4.79 Å². The maximum atomic E-state index is 13.1. The van der Waals surface area contributed by atoms with Crippen molar-refractivity contribution >= 4 is 22.4 Å². The van der Waals surface area contributed by atoms with Crippen LogP contribution in [0.1, 0.15) is 61.4 Å². The van der Waals surface area contributed by atoms with Crippen LogP contribution in [0.25, 0.3) is 21.9 Å². The van der Waals surface area contributed by atoms with Crippen LogP contribution in [-0.4, -0.2) is 55.1 Å². The number of fused-ring (bicyclic) bond motifs is 1. The van der Waals surface area contributed by atoms with Crippen LogP contribution in [0, 0.1) is 23.2 Å². The van der Waals surface area contributed by atoms with Crippen molar-refractivity contribution in [2.24, 2.45) is 23.2 Å². The van der Waals surface area contributed by atoms with E-state index >= 15 is 0 Å². The fraction of sp³-hybridized carbons (Fsp3) is 0.450. The van der Waals surface area contributed by atoms with Gasteiger partial charge in [-0.2, -0.15) is 0 Å². The molecule has 46 heavy (non-hydrogen) atoms. The van der Waals surface area contributed by atoms with Gasteiger partial charge in [0, 0.05) is 62.3 Å². The number of ether oxygens (including phenoxy) is 1. The van der Waals surface area contributed by atoms with Gasteiger partial charge in [0.1, 0.15) is 5.75 Å². The van der Waals surface area contributed by atoms with Crippen molar-refractivity contribution in [3.63, 3.8) is 0 Å². The monoisotopic (exact) mass is 614 g/mol. The first-order valence-electron chi connectivity index (χ1n) is 17.5. The highest BCUT2D eigenvalue weighted by molar-refractivity contribution is 5.98. The molecule has 1 N–H and O–H groups in total. The number of nitrogens with one attached hydrogen (secondary N) is 1. The lowest BCUT2D eigenvalue weighted by Crippen LogP contribution is -2.51. The van der Waals surface area contributed by atoms with Crippen molar-refractivity contribution in [1.82, 2.24) is 15.2 Å². The molecule has 0 unspecified atom stereocenters. The smallest absolute Gasteiger partial charge is 0.251 e. The number of rotatable bonds is 9. The summed E-state index contributed by atoms with van der Waals surface area (Å²) in [6, 6.07) is 23.6. The number of pyridine rings is 1. The maximum Gasteiger partial charge on any atom is 0.251 e. The van der Waals surface area contributed by atoms with Crippen LogP contribution in [0.4, 0.5) is 5.69 Å². The molecule has 3 aromatic carbocycles. The van der Waals surface area contributed by atoms with Crippen molar-refractivity contribution in [2.75, 3.05) is 44.2 Å². The standard InChI is InChI=1S/C40H46N4O2/c1-2-46-35-20-33(24-41-25-35)37-12-9-32(36-5-3-4-6-38(36)37)26-43-13-15-44(16-14-43)34-10-7-31(8-11-34)39(45)42-27-40-21-28-17-29(22-40)19-30(18-28)23-40/h3-12,20,24-25,28-30H,2,13-19,21-23,26-27H2,1H3,(H,42,45). The van der Waals surface area contributed by atoms with Crippen LogP contribution in [-0.2, 0) is 6.54 Å². The van der Waals surface area contributed by atoms with E-state index < -0.39 is 0 Å². The third-order valence-electron chi connectivity index (χ3n) is 11.4. The van der Waals surface area contributed by atoms with Gasteiger partial charge < -0.3 is 15.0 Å². The highest BCUT2D eigenvalue weighted by Gasteiger charge is 2.50. The van der Waals surface area contributed by atoms with E-state index in [0.717, 1.165) is 73.9 Å². The number of hydrogen-bond donors (Lipinski definition) is 1. The Morgan fingerprint density at radius 1 is 0.870 bits per heavy atom. The molecule has 2 heterocycles. The zero-order valence-corrected chi connectivity index (χ0v) is 27.1. The Labute approximate surface area is 273 Å². The third kappa shape index (κ3) is 5.88. The SMILES string of the molecule is CCOc1cncc(-c2ccc(CN3CCN(c4ccc(C(=O)NCC56CC7CC(CC(C7)C5)C6)cc4)CC3)c3ccccc23)c1. The van der Waals surface area contributed by atoms with E-state index in [1.807, 2.05) is 25.3 Å². The molecule has 1 saturated heterocycles. The lowest BCUT2D eigenvalue weighted by molar-refractivity contribution is -0.0503.